The predicted molar refractivity (Wildman–Crippen MR) is 88.0 cm³/mol. The van der Waals surface area contributed by atoms with Crippen LogP contribution in [0.15, 0.2) is 34.8 Å². The van der Waals surface area contributed by atoms with Gasteiger partial charge >= 0.3 is 5.97 Å². The molecule has 0 spiro atoms. The molecule has 2 N–H and O–H groups in total. The number of nitrogens with one attached hydrogen (secondary N) is 1. The zero-order valence-corrected chi connectivity index (χ0v) is 13.9. The van der Waals surface area contributed by atoms with Gasteiger partial charge in [-0.1, -0.05) is 28.1 Å². The minimum Gasteiger partial charge on any atom is -0.481 e. The Morgan fingerprint density at radius 3 is 2.74 bits per heavy atom. The van der Waals surface area contributed by atoms with E-state index in [2.05, 4.69) is 26.1 Å². The quantitative estimate of drug-likeness (QED) is 0.860. The fraction of sp³-hybridized carbons (Fsp3) is 0.312. The number of halogens is 1. The summed E-state index contributed by atoms with van der Waals surface area (Å²) in [7, 11) is 0. The molecule has 0 aliphatic carbocycles. The van der Waals surface area contributed by atoms with E-state index in [1.54, 1.807) is 11.0 Å². The van der Waals surface area contributed by atoms with Crippen molar-refractivity contribution in [1.82, 2.24) is 15.1 Å². The monoisotopic (exact) mass is 377 g/mol. The lowest BCUT2D eigenvalue weighted by molar-refractivity contribution is -0.143. The van der Waals surface area contributed by atoms with Gasteiger partial charge in [-0.25, -0.2) is 0 Å². The summed E-state index contributed by atoms with van der Waals surface area (Å²) in [5.74, 6) is -1.53. The molecule has 0 bridgehead atoms. The summed E-state index contributed by atoms with van der Waals surface area (Å²) in [4.78, 5) is 25.2. The van der Waals surface area contributed by atoms with Crippen molar-refractivity contribution >= 4 is 27.8 Å². The van der Waals surface area contributed by atoms with Crippen LogP contribution in [-0.4, -0.2) is 45.2 Å². The van der Waals surface area contributed by atoms with E-state index in [1.807, 2.05) is 24.3 Å². The Balaban J connectivity index is 1.75. The molecule has 1 saturated heterocycles. The average molecular weight is 378 g/mol. The predicted octanol–water partition coefficient (Wildman–Crippen LogP) is 2.78. The van der Waals surface area contributed by atoms with Crippen molar-refractivity contribution in [3.63, 3.8) is 0 Å². The van der Waals surface area contributed by atoms with Crippen LogP contribution in [0.2, 0.25) is 0 Å². The first kappa shape index (κ1) is 15.7. The van der Waals surface area contributed by atoms with Crippen LogP contribution in [0.5, 0.6) is 0 Å². The summed E-state index contributed by atoms with van der Waals surface area (Å²) < 4.78 is 0.973. The number of hydrogen-bond donors (Lipinski definition) is 2. The van der Waals surface area contributed by atoms with Crippen molar-refractivity contribution in [3.05, 3.63) is 40.5 Å². The van der Waals surface area contributed by atoms with Crippen LogP contribution in [0.1, 0.15) is 23.3 Å². The van der Waals surface area contributed by atoms with Gasteiger partial charge in [0.05, 0.1) is 11.6 Å². The van der Waals surface area contributed by atoms with Crippen LogP contribution in [-0.2, 0) is 4.79 Å². The van der Waals surface area contributed by atoms with Crippen molar-refractivity contribution in [2.24, 2.45) is 5.92 Å². The van der Waals surface area contributed by atoms with Gasteiger partial charge in [0.15, 0.2) is 0 Å². The molecule has 1 unspecified atom stereocenters. The Bertz CT molecular complexity index is 726. The zero-order valence-electron chi connectivity index (χ0n) is 12.3. The number of nitrogens with zero attached hydrogens (tertiary/aromatic N) is 2. The fourth-order valence-corrected chi connectivity index (χ4v) is 3.00. The second-order valence-corrected chi connectivity index (χ2v) is 6.52. The number of aromatic amines is 1. The van der Waals surface area contributed by atoms with Gasteiger partial charge in [0.25, 0.3) is 5.91 Å². The maximum Gasteiger partial charge on any atom is 0.308 e. The topological polar surface area (TPSA) is 86.3 Å². The number of H-pyrrole nitrogens is 1. The van der Waals surface area contributed by atoms with Crippen molar-refractivity contribution in [1.29, 1.82) is 0 Å². The number of piperidine rings is 1. The highest BCUT2D eigenvalue weighted by atomic mass is 79.9. The molecule has 1 aromatic heterocycles. The van der Waals surface area contributed by atoms with Crippen LogP contribution in [0.3, 0.4) is 0 Å². The van der Waals surface area contributed by atoms with E-state index in [0.29, 0.717) is 30.8 Å². The number of benzene rings is 1. The summed E-state index contributed by atoms with van der Waals surface area (Å²) in [6.07, 6.45) is 1.32. The van der Waals surface area contributed by atoms with Crippen molar-refractivity contribution in [2.75, 3.05) is 13.1 Å². The Morgan fingerprint density at radius 1 is 1.30 bits per heavy atom. The van der Waals surface area contributed by atoms with E-state index < -0.39 is 11.9 Å². The Morgan fingerprint density at radius 2 is 2.04 bits per heavy atom. The molecule has 3 rings (SSSR count). The van der Waals surface area contributed by atoms with Gasteiger partial charge in [0.1, 0.15) is 5.69 Å². The van der Waals surface area contributed by atoms with E-state index in [9.17, 15) is 9.59 Å². The molecule has 23 heavy (non-hydrogen) atoms. The number of carboxylic acid groups (broad SMARTS) is 1. The summed E-state index contributed by atoms with van der Waals surface area (Å²) in [6, 6.07) is 9.35. The maximum atomic E-state index is 12.5. The number of amides is 1. The van der Waals surface area contributed by atoms with Crippen molar-refractivity contribution in [3.8, 4) is 11.3 Å². The highest BCUT2D eigenvalue weighted by molar-refractivity contribution is 9.10. The molecular weight excluding hydrogens is 362 g/mol. The summed E-state index contributed by atoms with van der Waals surface area (Å²) in [5.41, 5.74) is 1.98. The summed E-state index contributed by atoms with van der Waals surface area (Å²) in [5, 5.41) is 16.1. The van der Waals surface area contributed by atoms with E-state index in [0.717, 1.165) is 10.0 Å². The SMILES string of the molecule is O=C(O)C1CCCN(C(=O)c2cc(-c3ccc(Br)cc3)n[nH]2)C1. The largest absolute Gasteiger partial charge is 0.481 e. The van der Waals surface area contributed by atoms with Gasteiger partial charge in [0.2, 0.25) is 0 Å². The molecule has 2 heterocycles. The number of hydrogen-bond acceptors (Lipinski definition) is 3. The molecule has 1 fully saturated rings. The average Bonchev–Trinajstić information content (AvgIpc) is 3.05. The van der Waals surface area contributed by atoms with E-state index in [1.165, 1.54) is 0 Å². The number of likely N-dealkylation sites (tertiary alicyclic amines) is 1. The van der Waals surface area contributed by atoms with Gasteiger partial charge < -0.3 is 10.0 Å². The number of carbonyl (C=O) groups excluding carboxylic acids is 1. The van der Waals surface area contributed by atoms with Gasteiger partial charge in [-0.05, 0) is 31.0 Å². The minimum absolute atomic E-state index is 0.202. The molecule has 0 saturated carbocycles. The zero-order chi connectivity index (χ0) is 16.4. The number of aromatic nitrogens is 2. The first-order chi connectivity index (χ1) is 11.0. The lowest BCUT2D eigenvalue weighted by Crippen LogP contribution is -2.42. The molecule has 7 heteroatoms. The second-order valence-electron chi connectivity index (χ2n) is 5.60. The summed E-state index contributed by atoms with van der Waals surface area (Å²) >= 11 is 3.38. The fourth-order valence-electron chi connectivity index (χ4n) is 2.73. The third kappa shape index (κ3) is 3.44. The van der Waals surface area contributed by atoms with Gasteiger partial charge in [-0.3, -0.25) is 14.7 Å². The molecule has 0 radical (unpaired) electrons. The molecule has 2 aromatic rings. The number of aliphatic carboxylic acids is 1. The van der Waals surface area contributed by atoms with Crippen LogP contribution < -0.4 is 0 Å². The van der Waals surface area contributed by atoms with Gasteiger partial charge in [-0.2, -0.15) is 5.10 Å². The van der Waals surface area contributed by atoms with Crippen LogP contribution >= 0.6 is 15.9 Å². The van der Waals surface area contributed by atoms with Crippen LogP contribution in [0.25, 0.3) is 11.3 Å². The minimum atomic E-state index is -0.845. The lowest BCUT2D eigenvalue weighted by atomic mass is 9.98. The van der Waals surface area contributed by atoms with Crippen LogP contribution in [0, 0.1) is 5.92 Å². The first-order valence-electron chi connectivity index (χ1n) is 7.38. The van der Waals surface area contributed by atoms with E-state index in [-0.39, 0.29) is 12.5 Å². The maximum absolute atomic E-state index is 12.5. The van der Waals surface area contributed by atoms with Crippen LogP contribution in [0.4, 0.5) is 0 Å². The Labute approximate surface area is 141 Å². The standard InChI is InChI=1S/C16H16BrN3O3/c17-12-5-3-10(4-6-12)13-8-14(19-18-13)15(21)20-7-1-2-11(9-20)16(22)23/h3-6,8,11H,1-2,7,9H2,(H,18,19)(H,22,23). The molecule has 1 aliphatic heterocycles. The first-order valence-corrected chi connectivity index (χ1v) is 8.17. The molecule has 1 aliphatic rings. The van der Waals surface area contributed by atoms with E-state index >= 15 is 0 Å². The normalized spacial score (nSPS) is 18.0. The molecule has 1 amide bonds. The molecule has 120 valence electrons. The van der Waals surface area contributed by atoms with Crippen molar-refractivity contribution in [2.45, 2.75) is 12.8 Å². The third-order valence-corrected chi connectivity index (χ3v) is 4.53. The van der Waals surface area contributed by atoms with E-state index in [4.69, 9.17) is 5.11 Å². The molecule has 6 nitrogen and oxygen atoms in total. The highest BCUT2D eigenvalue weighted by Crippen LogP contribution is 2.22. The molecular formula is C16H16BrN3O3. The smallest absolute Gasteiger partial charge is 0.308 e. The number of carbonyl (C=O) groups is 2. The van der Waals surface area contributed by atoms with Gasteiger partial charge in [-0.15, -0.1) is 0 Å². The Hall–Kier alpha value is -2.15. The Kier molecular flexibility index (Phi) is 4.47. The van der Waals surface area contributed by atoms with Crippen molar-refractivity contribution < 1.29 is 14.7 Å². The number of rotatable bonds is 3. The second kappa shape index (κ2) is 6.54. The lowest BCUT2D eigenvalue weighted by Gasteiger charge is -2.30. The number of carboxylic acids is 1. The third-order valence-electron chi connectivity index (χ3n) is 4.01. The van der Waals surface area contributed by atoms with Gasteiger partial charge in [0, 0.05) is 23.1 Å². The summed E-state index contributed by atoms with van der Waals surface area (Å²) in [6.45, 7) is 0.829. The molecule has 1 aromatic carbocycles. The molecule has 1 atom stereocenters. The highest BCUT2D eigenvalue weighted by Gasteiger charge is 2.29.